The van der Waals surface area contributed by atoms with E-state index in [9.17, 15) is 14.4 Å². The molecule has 0 unspecified atom stereocenters. The summed E-state index contributed by atoms with van der Waals surface area (Å²) in [7, 11) is 2.19. The fraction of sp³-hybridized carbons (Fsp3) is 0.545. The Balaban J connectivity index is 5.63. The Hall–Kier alpha value is -1.30. The summed E-state index contributed by atoms with van der Waals surface area (Å²) in [6, 6.07) is 0. The van der Waals surface area contributed by atoms with E-state index in [2.05, 4.69) is 9.47 Å². The Bertz CT molecular complexity index is 339. The van der Waals surface area contributed by atoms with E-state index in [1.54, 1.807) is 0 Å². The molecule has 0 amide bonds. The van der Waals surface area contributed by atoms with Gasteiger partial charge < -0.3 is 9.47 Å². The number of carbonyl (C=O) groups excluding carboxylic acids is 3. The molecule has 0 bridgehead atoms. The minimum Gasteiger partial charge on any atom is -0.465 e. The van der Waals surface area contributed by atoms with E-state index in [0.717, 1.165) is 14.2 Å². The lowest BCUT2D eigenvalue weighted by atomic mass is 10.1. The van der Waals surface area contributed by atoms with Crippen molar-refractivity contribution in [1.29, 1.82) is 0 Å². The Morgan fingerprint density at radius 3 is 1.65 bits per heavy atom. The number of rotatable bonds is 5. The van der Waals surface area contributed by atoms with Crippen molar-refractivity contribution in [2.75, 3.05) is 32.5 Å². The summed E-state index contributed by atoms with van der Waals surface area (Å²) in [5.74, 6) is -1.65. The van der Waals surface area contributed by atoms with Crippen molar-refractivity contribution in [2.45, 2.75) is 6.92 Å². The topological polar surface area (TPSA) is 69.7 Å². The lowest BCUT2D eigenvalue weighted by Gasteiger charge is -2.08. The molecule has 96 valence electrons. The van der Waals surface area contributed by atoms with E-state index in [-0.39, 0.29) is 27.8 Å². The molecule has 0 aliphatic heterocycles. The molecule has 0 aliphatic carbocycles. The van der Waals surface area contributed by atoms with E-state index >= 15 is 0 Å². The standard InChI is InChI=1S/C11H17O5S/c1-7(12)8(6-17(4)5)9(10(13)15-2)11(14)16-3/h6H2,1-5H3/q+1. The van der Waals surface area contributed by atoms with Crippen molar-refractivity contribution < 1.29 is 23.9 Å². The SMILES string of the molecule is COC(=O)C(C(=O)OC)=C(C[S+](C)C)C(C)=O. The zero-order valence-electron chi connectivity index (χ0n) is 10.7. The molecule has 0 heterocycles. The van der Waals surface area contributed by atoms with Crippen LogP contribution in [0.5, 0.6) is 0 Å². The van der Waals surface area contributed by atoms with Gasteiger partial charge in [0.25, 0.3) is 0 Å². The summed E-state index contributed by atoms with van der Waals surface area (Å²) in [6.07, 6.45) is 3.82. The van der Waals surface area contributed by atoms with Crippen molar-refractivity contribution >= 4 is 28.6 Å². The summed E-state index contributed by atoms with van der Waals surface area (Å²) < 4.78 is 9.00. The monoisotopic (exact) mass is 261 g/mol. The first-order valence-corrected chi connectivity index (χ1v) is 7.01. The maximum atomic E-state index is 11.5. The third-order valence-corrected chi connectivity index (χ3v) is 2.80. The van der Waals surface area contributed by atoms with E-state index < -0.39 is 11.9 Å². The maximum absolute atomic E-state index is 11.5. The highest BCUT2D eigenvalue weighted by Crippen LogP contribution is 2.12. The number of hydrogen-bond acceptors (Lipinski definition) is 5. The van der Waals surface area contributed by atoms with Crippen LogP contribution in [-0.4, -0.2) is 50.2 Å². The maximum Gasteiger partial charge on any atom is 0.345 e. The quantitative estimate of drug-likeness (QED) is 0.231. The van der Waals surface area contributed by atoms with E-state index in [1.165, 1.54) is 6.92 Å². The lowest BCUT2D eigenvalue weighted by Crippen LogP contribution is -2.24. The molecule has 0 aliphatic rings. The minimum atomic E-state index is -0.840. The van der Waals surface area contributed by atoms with E-state index in [0.29, 0.717) is 5.75 Å². The average molecular weight is 261 g/mol. The molecule has 6 heteroatoms. The van der Waals surface area contributed by atoms with Crippen LogP contribution in [0.15, 0.2) is 11.1 Å². The van der Waals surface area contributed by atoms with Gasteiger partial charge in [-0.2, -0.15) is 0 Å². The van der Waals surface area contributed by atoms with Crippen molar-refractivity contribution in [1.82, 2.24) is 0 Å². The van der Waals surface area contributed by atoms with Gasteiger partial charge in [-0.05, 0) is 17.8 Å². The molecule has 5 nitrogen and oxygen atoms in total. The summed E-state index contributed by atoms with van der Waals surface area (Å²) >= 11 is 0. The molecule has 0 aromatic heterocycles. The van der Waals surface area contributed by atoms with Gasteiger partial charge in [0.1, 0.15) is 5.75 Å². The zero-order chi connectivity index (χ0) is 13.6. The normalized spacial score (nSPS) is 9.76. The van der Waals surface area contributed by atoms with E-state index in [4.69, 9.17) is 0 Å². The summed E-state index contributed by atoms with van der Waals surface area (Å²) in [5, 5.41) is 0. The summed E-state index contributed by atoms with van der Waals surface area (Å²) in [4.78, 5) is 34.5. The molecule has 0 spiro atoms. The third-order valence-electron chi connectivity index (χ3n) is 1.94. The molecule has 0 saturated carbocycles. The highest BCUT2D eigenvalue weighted by Gasteiger charge is 2.29. The van der Waals surface area contributed by atoms with Gasteiger partial charge >= 0.3 is 11.9 Å². The largest absolute Gasteiger partial charge is 0.465 e. The second-order valence-electron chi connectivity index (χ2n) is 3.52. The van der Waals surface area contributed by atoms with Crippen LogP contribution in [0.2, 0.25) is 0 Å². The number of Topliss-reactive ketones (excluding diaryl/α,β-unsaturated/α-hetero) is 1. The van der Waals surface area contributed by atoms with Crippen molar-refractivity contribution in [3.63, 3.8) is 0 Å². The molecule has 17 heavy (non-hydrogen) atoms. The van der Waals surface area contributed by atoms with Gasteiger partial charge in [0.15, 0.2) is 11.4 Å². The van der Waals surface area contributed by atoms with Gasteiger partial charge in [0.2, 0.25) is 0 Å². The molecule has 0 aromatic carbocycles. The summed E-state index contributed by atoms with van der Waals surface area (Å²) in [5.41, 5.74) is -0.138. The van der Waals surface area contributed by atoms with Crippen LogP contribution in [0.4, 0.5) is 0 Å². The van der Waals surface area contributed by atoms with Crippen molar-refractivity contribution in [3.8, 4) is 0 Å². The van der Waals surface area contributed by atoms with Gasteiger partial charge in [-0.3, -0.25) is 4.79 Å². The van der Waals surface area contributed by atoms with Gasteiger partial charge in [-0.25, -0.2) is 9.59 Å². The van der Waals surface area contributed by atoms with Crippen LogP contribution in [0.25, 0.3) is 0 Å². The molecule has 0 rings (SSSR count). The lowest BCUT2D eigenvalue weighted by molar-refractivity contribution is -0.144. The number of hydrogen-bond donors (Lipinski definition) is 0. The molecule has 0 aromatic rings. The minimum absolute atomic E-state index is 0.118. The fourth-order valence-corrected chi connectivity index (χ4v) is 2.10. The highest BCUT2D eigenvalue weighted by molar-refractivity contribution is 7.95. The van der Waals surface area contributed by atoms with E-state index in [1.807, 2.05) is 12.5 Å². The van der Waals surface area contributed by atoms with Gasteiger partial charge in [0.05, 0.1) is 32.3 Å². The van der Waals surface area contributed by atoms with Crippen molar-refractivity contribution in [3.05, 3.63) is 11.1 Å². The smallest absolute Gasteiger partial charge is 0.345 e. The van der Waals surface area contributed by atoms with Crippen LogP contribution in [0, 0.1) is 0 Å². The first-order valence-electron chi connectivity index (χ1n) is 4.80. The Morgan fingerprint density at radius 2 is 1.41 bits per heavy atom. The molecule has 0 fully saturated rings. The third kappa shape index (κ3) is 4.60. The number of ether oxygens (including phenoxy) is 2. The van der Waals surface area contributed by atoms with Crippen molar-refractivity contribution in [2.24, 2.45) is 0 Å². The molecule has 0 atom stereocenters. The van der Waals surface area contributed by atoms with Crippen LogP contribution in [0.1, 0.15) is 6.92 Å². The highest BCUT2D eigenvalue weighted by atomic mass is 32.2. The number of carbonyl (C=O) groups is 3. The second-order valence-corrected chi connectivity index (χ2v) is 5.78. The number of esters is 2. The predicted octanol–water partition coefficient (Wildman–Crippen LogP) is 0.0959. The molecule has 0 saturated heterocycles. The molecule has 0 N–H and O–H groups in total. The first-order chi connectivity index (χ1) is 7.84. The molecular weight excluding hydrogens is 244 g/mol. The number of ketones is 1. The zero-order valence-corrected chi connectivity index (χ0v) is 11.5. The van der Waals surface area contributed by atoms with Crippen LogP contribution in [-0.2, 0) is 34.8 Å². The van der Waals surface area contributed by atoms with Crippen LogP contribution < -0.4 is 0 Å². The summed E-state index contributed by atoms with van der Waals surface area (Å²) in [6.45, 7) is 1.31. The molecule has 0 radical (unpaired) electrons. The fourth-order valence-electron chi connectivity index (χ4n) is 1.17. The van der Waals surface area contributed by atoms with Gasteiger partial charge in [-0.15, -0.1) is 0 Å². The average Bonchev–Trinajstić information content (AvgIpc) is 2.26. The molecular formula is C11H17O5S+. The van der Waals surface area contributed by atoms with Crippen LogP contribution in [0.3, 0.4) is 0 Å². The Labute approximate surface area is 104 Å². The van der Waals surface area contributed by atoms with Gasteiger partial charge in [-0.1, -0.05) is 0 Å². The first kappa shape index (κ1) is 15.7. The van der Waals surface area contributed by atoms with Gasteiger partial charge in [0, 0.05) is 0 Å². The van der Waals surface area contributed by atoms with Crippen LogP contribution >= 0.6 is 0 Å². The Morgan fingerprint density at radius 1 is 1.00 bits per heavy atom. The Kier molecular flexibility index (Phi) is 6.57. The second kappa shape index (κ2) is 7.11. The predicted molar refractivity (Wildman–Crippen MR) is 65.8 cm³/mol. The number of methoxy groups -OCH3 is 2.